The molecule has 0 unspecified atom stereocenters. The molecule has 0 bridgehead atoms. The fourth-order valence-electron chi connectivity index (χ4n) is 3.26. The molecule has 0 radical (unpaired) electrons. The molecule has 1 aromatic heterocycles. The molecule has 1 aliphatic rings. The van der Waals surface area contributed by atoms with Crippen LogP contribution in [0.5, 0.6) is 0 Å². The Labute approximate surface area is 183 Å². The van der Waals surface area contributed by atoms with Crippen LogP contribution in [0.4, 0.5) is 5.69 Å². The minimum Gasteiger partial charge on any atom is -0.372 e. The Morgan fingerprint density at radius 1 is 0.935 bits per heavy atom. The molecule has 31 heavy (non-hydrogen) atoms. The lowest BCUT2D eigenvalue weighted by Gasteiger charge is -2.10. The second kappa shape index (κ2) is 9.27. The van der Waals surface area contributed by atoms with Crippen molar-refractivity contribution in [1.29, 1.82) is 0 Å². The van der Waals surface area contributed by atoms with Crippen LogP contribution in [0.1, 0.15) is 21.5 Å². The molecule has 3 N–H and O–H groups in total. The summed E-state index contributed by atoms with van der Waals surface area (Å²) in [6.45, 7) is 0. The van der Waals surface area contributed by atoms with Gasteiger partial charge in [0.2, 0.25) is 6.41 Å². The average Bonchev–Trinajstić information content (AvgIpc) is 3.27. The predicted octanol–water partition coefficient (Wildman–Crippen LogP) is 3.68. The van der Waals surface area contributed by atoms with E-state index in [1.165, 1.54) is 5.56 Å². The van der Waals surface area contributed by atoms with Crippen LogP contribution in [0.2, 0.25) is 0 Å². The summed E-state index contributed by atoms with van der Waals surface area (Å²) in [5.74, 6) is -0.0601. The van der Waals surface area contributed by atoms with Crippen molar-refractivity contribution in [1.82, 2.24) is 15.0 Å². The molecule has 5 rings (SSSR count). The van der Waals surface area contributed by atoms with E-state index in [0.717, 1.165) is 33.2 Å². The van der Waals surface area contributed by atoms with Crippen molar-refractivity contribution in [3.8, 4) is 5.69 Å². The van der Waals surface area contributed by atoms with Crippen LogP contribution in [0.3, 0.4) is 0 Å². The van der Waals surface area contributed by atoms with Gasteiger partial charge >= 0.3 is 0 Å². The van der Waals surface area contributed by atoms with Crippen molar-refractivity contribution >= 4 is 29.8 Å². The largest absolute Gasteiger partial charge is 0.372 e. The summed E-state index contributed by atoms with van der Waals surface area (Å²) in [6, 6.07) is 22.1. The smallest absolute Gasteiger partial charge is 0.256 e. The number of fused-ring (bicyclic) bond motifs is 2. The molecular weight excluding hydrogens is 410 g/mol. The summed E-state index contributed by atoms with van der Waals surface area (Å²) in [5.41, 5.74) is 9.01. The maximum Gasteiger partial charge on any atom is 0.256 e. The first-order valence-corrected chi connectivity index (χ1v) is 10.3. The minimum absolute atomic E-state index is 0.0601. The molecule has 2 heterocycles. The first kappa shape index (κ1) is 20.4. The van der Waals surface area contributed by atoms with E-state index in [2.05, 4.69) is 51.6 Å². The van der Waals surface area contributed by atoms with E-state index in [4.69, 9.17) is 4.79 Å². The zero-order valence-corrected chi connectivity index (χ0v) is 17.3. The third-order valence-electron chi connectivity index (χ3n) is 4.64. The third kappa shape index (κ3) is 4.65. The van der Waals surface area contributed by atoms with Crippen LogP contribution < -0.4 is 11.1 Å². The number of nitrogens with two attached hydrogens (primary N) is 1. The van der Waals surface area contributed by atoms with Crippen molar-refractivity contribution < 1.29 is 9.59 Å². The molecule has 0 fully saturated rings. The number of nitrogens with one attached hydrogen (secondary N) is 1. The maximum atomic E-state index is 12.5. The lowest BCUT2D eigenvalue weighted by Crippen LogP contribution is -2.11. The van der Waals surface area contributed by atoms with Gasteiger partial charge in [0.15, 0.2) is 0 Å². The minimum atomic E-state index is -0.0601. The van der Waals surface area contributed by atoms with E-state index in [1.807, 2.05) is 36.4 Å². The number of primary amides is 1. The lowest BCUT2D eigenvalue weighted by molar-refractivity contribution is -0.106. The Balaban J connectivity index is 0.000000730. The number of rotatable bonds is 3. The van der Waals surface area contributed by atoms with Gasteiger partial charge in [-0.15, -0.1) is 0 Å². The molecule has 2 amide bonds. The Hall–Kier alpha value is -3.91. The molecule has 4 aromatic rings. The quantitative estimate of drug-likeness (QED) is 0.484. The van der Waals surface area contributed by atoms with Crippen LogP contribution in [-0.2, 0) is 11.2 Å². The highest BCUT2D eigenvalue weighted by atomic mass is 32.2. The first-order valence-electron chi connectivity index (χ1n) is 9.50. The summed E-state index contributed by atoms with van der Waals surface area (Å²) in [5, 5.41) is 11.3. The second-order valence-corrected chi connectivity index (χ2v) is 7.76. The fraction of sp³-hybridized carbons (Fsp3) is 0.0435. The molecule has 1 aliphatic heterocycles. The van der Waals surface area contributed by atoms with E-state index in [-0.39, 0.29) is 12.3 Å². The normalized spacial score (nSPS) is 11.8. The molecule has 3 aromatic carbocycles. The van der Waals surface area contributed by atoms with Crippen molar-refractivity contribution in [2.45, 2.75) is 16.2 Å². The van der Waals surface area contributed by atoms with Crippen molar-refractivity contribution in [3.05, 3.63) is 95.8 Å². The monoisotopic (exact) mass is 429 g/mol. The lowest BCUT2D eigenvalue weighted by atomic mass is 10.0. The van der Waals surface area contributed by atoms with Crippen LogP contribution >= 0.6 is 11.8 Å². The summed E-state index contributed by atoms with van der Waals surface area (Å²) >= 11 is 1.62. The first-order chi connectivity index (χ1) is 15.2. The topological polar surface area (TPSA) is 103 Å². The number of hydrogen-bond donors (Lipinski definition) is 2. The summed E-state index contributed by atoms with van der Waals surface area (Å²) in [4.78, 5) is 24.8. The molecule has 8 heteroatoms. The van der Waals surface area contributed by atoms with Crippen molar-refractivity contribution in [2.24, 2.45) is 5.73 Å². The third-order valence-corrected chi connectivity index (χ3v) is 5.79. The number of nitrogens with zero attached hydrogens (tertiary/aromatic N) is 3. The van der Waals surface area contributed by atoms with Gasteiger partial charge in [-0.2, -0.15) is 15.0 Å². The number of amides is 2. The van der Waals surface area contributed by atoms with Crippen LogP contribution in [-0.4, -0.2) is 27.3 Å². The summed E-state index contributed by atoms with van der Waals surface area (Å²) in [7, 11) is 0. The SMILES string of the molecule is NC=O.O=C1Nc2cc(Cc3ccc(-n4nccn4)cc3)ccc2Sc2ccccc21. The zero-order chi connectivity index (χ0) is 21.6. The Morgan fingerprint density at radius 3 is 2.35 bits per heavy atom. The molecular formula is C23H19N5O2S. The highest BCUT2D eigenvalue weighted by molar-refractivity contribution is 7.99. The number of aromatic nitrogens is 3. The van der Waals surface area contributed by atoms with Gasteiger partial charge in [0, 0.05) is 9.79 Å². The molecule has 0 saturated heterocycles. The maximum absolute atomic E-state index is 12.5. The Morgan fingerprint density at radius 2 is 1.61 bits per heavy atom. The average molecular weight is 430 g/mol. The number of anilines is 1. The highest BCUT2D eigenvalue weighted by Gasteiger charge is 2.19. The highest BCUT2D eigenvalue weighted by Crippen LogP contribution is 2.39. The molecule has 0 atom stereocenters. The van der Waals surface area contributed by atoms with E-state index in [1.54, 1.807) is 29.0 Å². The number of benzene rings is 3. The number of carbonyl (C=O) groups excluding carboxylic acids is 2. The fourth-order valence-corrected chi connectivity index (χ4v) is 4.27. The molecule has 7 nitrogen and oxygen atoms in total. The van der Waals surface area contributed by atoms with Gasteiger partial charge in [-0.25, -0.2) is 0 Å². The van der Waals surface area contributed by atoms with Gasteiger partial charge in [0.1, 0.15) is 0 Å². The van der Waals surface area contributed by atoms with E-state index < -0.39 is 0 Å². The van der Waals surface area contributed by atoms with Gasteiger partial charge in [-0.05, 0) is 53.9 Å². The Kier molecular flexibility index (Phi) is 6.09. The predicted molar refractivity (Wildman–Crippen MR) is 119 cm³/mol. The van der Waals surface area contributed by atoms with Crippen LogP contribution in [0.15, 0.2) is 88.9 Å². The molecule has 0 aliphatic carbocycles. The summed E-state index contributed by atoms with van der Waals surface area (Å²) < 4.78 is 0. The molecule has 0 saturated carbocycles. The van der Waals surface area contributed by atoms with Gasteiger partial charge in [0.05, 0.1) is 29.3 Å². The van der Waals surface area contributed by atoms with E-state index in [9.17, 15) is 4.79 Å². The van der Waals surface area contributed by atoms with Crippen LogP contribution in [0, 0.1) is 0 Å². The van der Waals surface area contributed by atoms with Crippen molar-refractivity contribution in [3.63, 3.8) is 0 Å². The molecule has 0 spiro atoms. The van der Waals surface area contributed by atoms with E-state index >= 15 is 0 Å². The standard InChI is InChI=1S/C22H16N4OS.CH3NO/c27-22-18-3-1-2-4-20(18)28-21-10-7-16(14-19(21)25-22)13-15-5-8-17(9-6-15)26-23-11-12-24-26;2-1-3/h1-12,14H,13H2,(H,25,27);1H,(H2,2,3). The van der Waals surface area contributed by atoms with Gasteiger partial charge in [-0.3, -0.25) is 9.59 Å². The zero-order valence-electron chi connectivity index (χ0n) is 16.4. The van der Waals surface area contributed by atoms with Gasteiger partial charge in [0.25, 0.3) is 5.91 Å². The molecule has 154 valence electrons. The van der Waals surface area contributed by atoms with Gasteiger partial charge < -0.3 is 11.1 Å². The second-order valence-electron chi connectivity index (χ2n) is 6.68. The number of hydrogen-bond acceptors (Lipinski definition) is 5. The summed E-state index contributed by atoms with van der Waals surface area (Å²) in [6.07, 6.45) is 4.36. The van der Waals surface area contributed by atoms with Gasteiger partial charge in [-0.1, -0.05) is 42.1 Å². The van der Waals surface area contributed by atoms with Crippen molar-refractivity contribution in [2.75, 3.05) is 5.32 Å². The van der Waals surface area contributed by atoms with E-state index in [0.29, 0.717) is 5.56 Å². The number of carbonyl (C=O) groups is 2. The Bertz CT molecular complexity index is 1210. The van der Waals surface area contributed by atoms with Crippen LogP contribution in [0.25, 0.3) is 5.69 Å².